The summed E-state index contributed by atoms with van der Waals surface area (Å²) in [7, 11) is 0. The van der Waals surface area contributed by atoms with Gasteiger partial charge in [0, 0.05) is 24.1 Å². The van der Waals surface area contributed by atoms with Crippen LogP contribution in [0.15, 0.2) is 48.5 Å². The molecule has 0 radical (unpaired) electrons. The van der Waals surface area contributed by atoms with Gasteiger partial charge in [-0.2, -0.15) is 0 Å². The smallest absolute Gasteiger partial charge is 0.217 e. The fourth-order valence-electron chi connectivity index (χ4n) is 2.61. The van der Waals surface area contributed by atoms with E-state index in [4.69, 9.17) is 17.3 Å². The number of carbonyl (C=O) groups excluding carboxylic acids is 1. The Morgan fingerprint density at radius 3 is 2.58 bits per heavy atom. The highest BCUT2D eigenvalue weighted by atomic mass is 35.5. The second-order valence-corrected chi connectivity index (χ2v) is 7.38. The highest BCUT2D eigenvalue weighted by Crippen LogP contribution is 2.29. The van der Waals surface area contributed by atoms with E-state index in [9.17, 15) is 4.79 Å². The standard InChI is InChI=1S/C19H19ClN4OS/c1-12(25)22-17(9-13-5-7-14(11-21)8-6-13)19-24-23-18(26-19)15-3-2-4-16(20)10-15/h2-8,10,17H,9,11,21H2,1H3,(H,22,25). The first-order valence-corrected chi connectivity index (χ1v) is 9.39. The molecule has 0 aliphatic heterocycles. The molecule has 3 N–H and O–H groups in total. The van der Waals surface area contributed by atoms with E-state index >= 15 is 0 Å². The van der Waals surface area contributed by atoms with E-state index in [1.807, 2.05) is 48.5 Å². The van der Waals surface area contributed by atoms with Gasteiger partial charge in [-0.1, -0.05) is 59.3 Å². The number of hydrogen-bond donors (Lipinski definition) is 2. The Balaban J connectivity index is 1.84. The predicted molar refractivity (Wildman–Crippen MR) is 105 cm³/mol. The van der Waals surface area contributed by atoms with Crippen LogP contribution in [0.25, 0.3) is 10.6 Å². The lowest BCUT2D eigenvalue weighted by Gasteiger charge is -2.15. The number of benzene rings is 2. The van der Waals surface area contributed by atoms with Crippen LogP contribution in [0.2, 0.25) is 5.02 Å². The van der Waals surface area contributed by atoms with Crippen LogP contribution in [0.4, 0.5) is 0 Å². The lowest BCUT2D eigenvalue weighted by Crippen LogP contribution is -2.27. The molecule has 26 heavy (non-hydrogen) atoms. The van der Waals surface area contributed by atoms with Crippen molar-refractivity contribution in [2.75, 3.05) is 0 Å². The van der Waals surface area contributed by atoms with E-state index in [1.54, 1.807) is 0 Å². The molecule has 1 atom stereocenters. The summed E-state index contributed by atoms with van der Waals surface area (Å²) in [5.74, 6) is -0.104. The van der Waals surface area contributed by atoms with Crippen molar-refractivity contribution < 1.29 is 4.79 Å². The number of nitrogens with zero attached hydrogens (tertiary/aromatic N) is 2. The molecule has 0 aliphatic rings. The molecule has 3 aromatic rings. The van der Waals surface area contributed by atoms with E-state index in [0.717, 1.165) is 26.7 Å². The van der Waals surface area contributed by atoms with Gasteiger partial charge < -0.3 is 11.1 Å². The van der Waals surface area contributed by atoms with Gasteiger partial charge in [0.15, 0.2) is 0 Å². The highest BCUT2D eigenvalue weighted by molar-refractivity contribution is 7.14. The maximum absolute atomic E-state index is 11.7. The molecular formula is C19H19ClN4OS. The first-order chi connectivity index (χ1) is 12.5. The summed E-state index contributed by atoms with van der Waals surface area (Å²) >= 11 is 7.51. The zero-order valence-corrected chi connectivity index (χ0v) is 15.8. The number of carbonyl (C=O) groups is 1. The zero-order valence-electron chi connectivity index (χ0n) is 14.3. The molecule has 2 aromatic carbocycles. The minimum absolute atomic E-state index is 0.104. The van der Waals surface area contributed by atoms with Crippen molar-refractivity contribution in [3.05, 3.63) is 69.7 Å². The van der Waals surface area contributed by atoms with Crippen LogP contribution in [-0.4, -0.2) is 16.1 Å². The molecule has 1 amide bonds. The number of hydrogen-bond acceptors (Lipinski definition) is 5. The highest BCUT2D eigenvalue weighted by Gasteiger charge is 2.19. The van der Waals surface area contributed by atoms with Gasteiger partial charge in [-0.25, -0.2) is 0 Å². The van der Waals surface area contributed by atoms with Gasteiger partial charge in [0.2, 0.25) is 5.91 Å². The van der Waals surface area contributed by atoms with Gasteiger partial charge >= 0.3 is 0 Å². The van der Waals surface area contributed by atoms with Gasteiger partial charge in [0.25, 0.3) is 0 Å². The van der Waals surface area contributed by atoms with Crippen molar-refractivity contribution in [2.45, 2.75) is 25.9 Å². The van der Waals surface area contributed by atoms with Crippen LogP contribution >= 0.6 is 22.9 Å². The topological polar surface area (TPSA) is 80.9 Å². The minimum atomic E-state index is -0.235. The Morgan fingerprint density at radius 2 is 1.92 bits per heavy atom. The number of aromatic nitrogens is 2. The van der Waals surface area contributed by atoms with Crippen molar-refractivity contribution in [1.29, 1.82) is 0 Å². The summed E-state index contributed by atoms with van der Waals surface area (Å²) < 4.78 is 0. The van der Waals surface area contributed by atoms with Gasteiger partial charge in [0.1, 0.15) is 10.0 Å². The minimum Gasteiger partial charge on any atom is -0.347 e. The summed E-state index contributed by atoms with van der Waals surface area (Å²) in [6, 6.07) is 15.3. The Hall–Kier alpha value is -2.28. The van der Waals surface area contributed by atoms with Crippen LogP contribution < -0.4 is 11.1 Å². The maximum atomic E-state index is 11.7. The van der Waals surface area contributed by atoms with E-state index in [2.05, 4.69) is 15.5 Å². The molecule has 0 aliphatic carbocycles. The number of rotatable bonds is 6. The number of halogens is 1. The Morgan fingerprint density at radius 1 is 1.19 bits per heavy atom. The summed E-state index contributed by atoms with van der Waals surface area (Å²) in [5.41, 5.74) is 8.73. The normalized spacial score (nSPS) is 12.0. The third kappa shape index (κ3) is 4.66. The van der Waals surface area contributed by atoms with Crippen LogP contribution in [0.3, 0.4) is 0 Å². The molecule has 0 spiro atoms. The van der Waals surface area contributed by atoms with E-state index in [0.29, 0.717) is 18.0 Å². The number of nitrogens with one attached hydrogen (secondary N) is 1. The average molecular weight is 387 g/mol. The van der Waals surface area contributed by atoms with E-state index in [1.165, 1.54) is 18.3 Å². The van der Waals surface area contributed by atoms with Gasteiger partial charge in [-0.3, -0.25) is 4.79 Å². The lowest BCUT2D eigenvalue weighted by molar-refractivity contribution is -0.119. The van der Waals surface area contributed by atoms with Crippen molar-refractivity contribution in [3.63, 3.8) is 0 Å². The molecule has 7 heteroatoms. The second-order valence-electron chi connectivity index (χ2n) is 5.93. The molecule has 0 fully saturated rings. The molecule has 0 saturated carbocycles. The molecule has 0 bridgehead atoms. The maximum Gasteiger partial charge on any atom is 0.217 e. The van der Waals surface area contributed by atoms with E-state index < -0.39 is 0 Å². The zero-order chi connectivity index (χ0) is 18.5. The fourth-order valence-corrected chi connectivity index (χ4v) is 3.69. The Bertz CT molecular complexity index is 895. The van der Waals surface area contributed by atoms with Crippen LogP contribution in [0.5, 0.6) is 0 Å². The average Bonchev–Trinajstić information content (AvgIpc) is 3.11. The quantitative estimate of drug-likeness (QED) is 0.676. The number of amides is 1. The number of nitrogens with two attached hydrogens (primary N) is 1. The first kappa shape index (κ1) is 18.5. The summed E-state index contributed by atoms with van der Waals surface area (Å²) in [6.07, 6.45) is 0.634. The molecule has 1 unspecified atom stereocenters. The molecule has 5 nitrogen and oxygen atoms in total. The van der Waals surface area contributed by atoms with Gasteiger partial charge in [0.05, 0.1) is 6.04 Å². The van der Waals surface area contributed by atoms with Crippen LogP contribution in [-0.2, 0) is 17.8 Å². The second kappa shape index (κ2) is 8.40. The van der Waals surface area contributed by atoms with E-state index in [-0.39, 0.29) is 11.9 Å². The fraction of sp³-hybridized carbons (Fsp3) is 0.211. The molecule has 134 valence electrons. The third-order valence-corrected chi connectivity index (χ3v) is 5.21. The van der Waals surface area contributed by atoms with Crippen LogP contribution in [0, 0.1) is 0 Å². The SMILES string of the molecule is CC(=O)NC(Cc1ccc(CN)cc1)c1nnc(-c2cccc(Cl)c2)s1. The molecular weight excluding hydrogens is 368 g/mol. The molecule has 0 saturated heterocycles. The van der Waals surface area contributed by atoms with Crippen molar-refractivity contribution in [3.8, 4) is 10.6 Å². The monoisotopic (exact) mass is 386 g/mol. The Labute approximate surface area is 161 Å². The summed E-state index contributed by atoms with van der Waals surface area (Å²) in [5, 5.41) is 13.7. The summed E-state index contributed by atoms with van der Waals surface area (Å²) in [6.45, 7) is 2.01. The first-order valence-electron chi connectivity index (χ1n) is 8.19. The summed E-state index contributed by atoms with van der Waals surface area (Å²) in [4.78, 5) is 11.7. The predicted octanol–water partition coefficient (Wildman–Crippen LogP) is 3.74. The molecule has 3 rings (SSSR count). The molecule has 1 heterocycles. The lowest BCUT2D eigenvalue weighted by atomic mass is 10.0. The van der Waals surface area contributed by atoms with Crippen molar-refractivity contribution in [2.24, 2.45) is 5.73 Å². The van der Waals surface area contributed by atoms with Crippen LogP contribution in [0.1, 0.15) is 29.1 Å². The largest absolute Gasteiger partial charge is 0.347 e. The van der Waals surface area contributed by atoms with Crippen molar-refractivity contribution in [1.82, 2.24) is 15.5 Å². The third-order valence-electron chi connectivity index (χ3n) is 3.89. The molecule has 1 aromatic heterocycles. The van der Waals surface area contributed by atoms with Crippen molar-refractivity contribution >= 4 is 28.8 Å². The van der Waals surface area contributed by atoms with Gasteiger partial charge in [-0.05, 0) is 29.7 Å². The van der Waals surface area contributed by atoms with Gasteiger partial charge in [-0.15, -0.1) is 10.2 Å². The Kier molecular flexibility index (Phi) is 5.98.